The summed E-state index contributed by atoms with van der Waals surface area (Å²) in [5.74, 6) is 0.603. The van der Waals surface area contributed by atoms with Gasteiger partial charge in [-0.3, -0.25) is 9.59 Å². The molecule has 0 aliphatic heterocycles. The zero-order chi connectivity index (χ0) is 21.7. The van der Waals surface area contributed by atoms with Gasteiger partial charge in [-0.05, 0) is 42.8 Å². The molecule has 0 unspecified atom stereocenters. The fourth-order valence-electron chi connectivity index (χ4n) is 2.79. The van der Waals surface area contributed by atoms with Crippen LogP contribution in [0.4, 0.5) is 5.69 Å². The fraction of sp³-hybridized carbons (Fsp3) is 0.273. The number of halogens is 1. The van der Waals surface area contributed by atoms with Gasteiger partial charge in [-0.15, -0.1) is 0 Å². The van der Waals surface area contributed by atoms with E-state index in [9.17, 15) is 9.59 Å². The van der Waals surface area contributed by atoms with E-state index in [1.807, 2.05) is 39.0 Å². The molecule has 156 valence electrons. The van der Waals surface area contributed by atoms with Gasteiger partial charge in [0.25, 0.3) is 11.8 Å². The Bertz CT molecular complexity index is 1040. The SMILES string of the molecule is Cc1cccc(-c2nc(C(C)C)no2)c1NC(=O)CCNC(=O)c1ccc(Cl)cc1. The first-order valence-electron chi connectivity index (χ1n) is 9.62. The van der Waals surface area contributed by atoms with Crippen LogP contribution in [-0.4, -0.2) is 28.5 Å². The molecule has 0 spiro atoms. The maximum absolute atomic E-state index is 12.5. The van der Waals surface area contributed by atoms with Crippen molar-refractivity contribution in [2.75, 3.05) is 11.9 Å². The molecule has 0 aliphatic rings. The van der Waals surface area contributed by atoms with Crippen molar-refractivity contribution in [2.24, 2.45) is 0 Å². The molecule has 0 saturated heterocycles. The van der Waals surface area contributed by atoms with Gasteiger partial charge >= 0.3 is 0 Å². The number of carbonyl (C=O) groups is 2. The molecule has 1 heterocycles. The molecule has 2 N–H and O–H groups in total. The third kappa shape index (κ3) is 5.24. The fourth-order valence-corrected chi connectivity index (χ4v) is 2.91. The van der Waals surface area contributed by atoms with Crippen LogP contribution in [-0.2, 0) is 4.79 Å². The zero-order valence-electron chi connectivity index (χ0n) is 17.0. The predicted molar refractivity (Wildman–Crippen MR) is 116 cm³/mol. The maximum Gasteiger partial charge on any atom is 0.260 e. The van der Waals surface area contributed by atoms with Gasteiger partial charge in [-0.2, -0.15) is 4.98 Å². The Morgan fingerprint density at radius 3 is 2.53 bits per heavy atom. The molecular weight excluding hydrogens is 404 g/mol. The molecule has 7 nitrogen and oxygen atoms in total. The molecule has 2 aromatic carbocycles. The maximum atomic E-state index is 12.5. The van der Waals surface area contributed by atoms with Crippen molar-refractivity contribution in [2.45, 2.75) is 33.1 Å². The van der Waals surface area contributed by atoms with Crippen LogP contribution in [0.25, 0.3) is 11.5 Å². The Hall–Kier alpha value is -3.19. The number of benzene rings is 2. The second kappa shape index (κ2) is 9.54. The lowest BCUT2D eigenvalue weighted by atomic mass is 10.1. The summed E-state index contributed by atoms with van der Waals surface area (Å²) in [6.07, 6.45) is 0.119. The smallest absolute Gasteiger partial charge is 0.260 e. The van der Waals surface area contributed by atoms with Crippen molar-refractivity contribution in [3.63, 3.8) is 0 Å². The van der Waals surface area contributed by atoms with Gasteiger partial charge in [0.1, 0.15) is 0 Å². The van der Waals surface area contributed by atoms with Crippen LogP contribution in [0.5, 0.6) is 0 Å². The van der Waals surface area contributed by atoms with Crippen molar-refractivity contribution in [3.8, 4) is 11.5 Å². The van der Waals surface area contributed by atoms with E-state index >= 15 is 0 Å². The Morgan fingerprint density at radius 2 is 1.87 bits per heavy atom. The van der Waals surface area contributed by atoms with Crippen molar-refractivity contribution in [1.82, 2.24) is 15.5 Å². The lowest BCUT2D eigenvalue weighted by Crippen LogP contribution is -2.27. The first-order valence-corrected chi connectivity index (χ1v) is 10.00. The second-order valence-corrected chi connectivity index (χ2v) is 7.61. The van der Waals surface area contributed by atoms with Gasteiger partial charge in [0.15, 0.2) is 5.82 Å². The Morgan fingerprint density at radius 1 is 1.13 bits per heavy atom. The highest BCUT2D eigenvalue weighted by Crippen LogP contribution is 2.30. The van der Waals surface area contributed by atoms with Crippen LogP contribution >= 0.6 is 11.6 Å². The van der Waals surface area contributed by atoms with Crippen LogP contribution in [0.2, 0.25) is 5.02 Å². The van der Waals surface area contributed by atoms with Gasteiger partial charge in [0.2, 0.25) is 5.91 Å². The molecule has 0 aliphatic carbocycles. The number of rotatable bonds is 7. The van der Waals surface area contributed by atoms with Crippen LogP contribution in [0.1, 0.15) is 47.9 Å². The monoisotopic (exact) mass is 426 g/mol. The lowest BCUT2D eigenvalue weighted by Gasteiger charge is -2.12. The normalized spacial score (nSPS) is 10.8. The van der Waals surface area contributed by atoms with Crippen molar-refractivity contribution >= 4 is 29.1 Å². The molecule has 30 heavy (non-hydrogen) atoms. The first kappa shape index (κ1) is 21.5. The average Bonchev–Trinajstić information content (AvgIpc) is 3.20. The highest BCUT2D eigenvalue weighted by atomic mass is 35.5. The van der Waals surface area contributed by atoms with E-state index in [-0.39, 0.29) is 30.7 Å². The van der Waals surface area contributed by atoms with E-state index in [1.54, 1.807) is 24.3 Å². The Kier molecular flexibility index (Phi) is 6.84. The summed E-state index contributed by atoms with van der Waals surface area (Å²) in [5, 5.41) is 10.2. The topological polar surface area (TPSA) is 97.1 Å². The van der Waals surface area contributed by atoms with Crippen molar-refractivity contribution in [1.29, 1.82) is 0 Å². The number of aromatic nitrogens is 2. The average molecular weight is 427 g/mol. The molecule has 2 amide bonds. The highest BCUT2D eigenvalue weighted by Gasteiger charge is 2.17. The molecule has 0 bridgehead atoms. The quantitative estimate of drug-likeness (QED) is 0.576. The van der Waals surface area contributed by atoms with Crippen LogP contribution in [0, 0.1) is 6.92 Å². The molecule has 8 heteroatoms. The van der Waals surface area contributed by atoms with Gasteiger partial charge in [0, 0.05) is 29.5 Å². The van der Waals surface area contributed by atoms with Gasteiger partial charge in [-0.25, -0.2) is 0 Å². The van der Waals surface area contributed by atoms with E-state index in [2.05, 4.69) is 20.8 Å². The highest BCUT2D eigenvalue weighted by molar-refractivity contribution is 6.30. The third-order valence-electron chi connectivity index (χ3n) is 4.47. The van der Waals surface area contributed by atoms with Gasteiger partial charge in [0.05, 0.1) is 11.3 Å². The largest absolute Gasteiger partial charge is 0.352 e. The summed E-state index contributed by atoms with van der Waals surface area (Å²) >= 11 is 5.83. The first-order chi connectivity index (χ1) is 14.3. The van der Waals surface area contributed by atoms with Crippen molar-refractivity contribution < 1.29 is 14.1 Å². The minimum Gasteiger partial charge on any atom is -0.352 e. The van der Waals surface area contributed by atoms with E-state index in [1.165, 1.54) is 0 Å². The molecule has 0 fully saturated rings. The van der Waals surface area contributed by atoms with Crippen LogP contribution < -0.4 is 10.6 Å². The number of nitrogens with one attached hydrogen (secondary N) is 2. The number of aryl methyl sites for hydroxylation is 1. The standard InChI is InChI=1S/C22H23ClN4O3/c1-13(2)20-26-22(30-27-20)17-6-4-5-14(3)19(17)25-18(28)11-12-24-21(29)15-7-9-16(23)10-8-15/h4-10,13H,11-12H2,1-3H3,(H,24,29)(H,25,28). The van der Waals surface area contributed by atoms with Crippen molar-refractivity contribution in [3.05, 3.63) is 64.4 Å². The minimum absolute atomic E-state index is 0.119. The molecule has 0 radical (unpaired) electrons. The van der Waals surface area contributed by atoms with E-state index < -0.39 is 0 Å². The number of nitrogens with zero attached hydrogens (tertiary/aromatic N) is 2. The number of amides is 2. The van der Waals surface area contributed by atoms with Gasteiger partial charge in [-0.1, -0.05) is 42.7 Å². The number of anilines is 1. The second-order valence-electron chi connectivity index (χ2n) is 7.17. The van der Waals surface area contributed by atoms with Gasteiger partial charge < -0.3 is 15.2 Å². The summed E-state index contributed by atoms with van der Waals surface area (Å²) in [6, 6.07) is 12.1. The van der Waals surface area contributed by atoms with Crippen LogP contribution in [0.3, 0.4) is 0 Å². The van der Waals surface area contributed by atoms with E-state index in [4.69, 9.17) is 16.1 Å². The summed E-state index contributed by atoms with van der Waals surface area (Å²) < 4.78 is 5.38. The molecule has 3 aromatic rings. The Labute approximate surface area is 179 Å². The lowest BCUT2D eigenvalue weighted by molar-refractivity contribution is -0.116. The molecule has 0 saturated carbocycles. The number of carbonyl (C=O) groups excluding carboxylic acids is 2. The molecule has 1 aromatic heterocycles. The number of hydrogen-bond acceptors (Lipinski definition) is 5. The molecule has 3 rings (SSSR count). The Balaban J connectivity index is 1.63. The molecule has 0 atom stereocenters. The summed E-state index contributed by atoms with van der Waals surface area (Å²) in [6.45, 7) is 6.05. The number of para-hydroxylation sites is 1. The summed E-state index contributed by atoms with van der Waals surface area (Å²) in [7, 11) is 0. The van der Waals surface area contributed by atoms with E-state index in [0.717, 1.165) is 5.56 Å². The van der Waals surface area contributed by atoms with E-state index in [0.29, 0.717) is 33.6 Å². The summed E-state index contributed by atoms with van der Waals surface area (Å²) in [4.78, 5) is 29.0. The number of hydrogen-bond donors (Lipinski definition) is 2. The third-order valence-corrected chi connectivity index (χ3v) is 4.72. The predicted octanol–water partition coefficient (Wildman–Crippen LogP) is 4.58. The molecular formula is C22H23ClN4O3. The van der Waals surface area contributed by atoms with Crippen LogP contribution in [0.15, 0.2) is 47.0 Å². The minimum atomic E-state index is -0.261. The zero-order valence-corrected chi connectivity index (χ0v) is 17.8. The summed E-state index contributed by atoms with van der Waals surface area (Å²) in [5.41, 5.74) is 2.63.